The maximum Gasteiger partial charge on any atom is 0.306 e. The minimum atomic E-state index is -0.818. The van der Waals surface area contributed by atoms with Gasteiger partial charge >= 0.3 is 17.9 Å². The van der Waals surface area contributed by atoms with Gasteiger partial charge in [-0.25, -0.2) is 0 Å². The van der Waals surface area contributed by atoms with Crippen molar-refractivity contribution in [3.63, 3.8) is 0 Å². The summed E-state index contributed by atoms with van der Waals surface area (Å²) in [4.78, 5) is 38.3. The Morgan fingerprint density at radius 1 is 0.253 bits per heavy atom. The number of allylic oxidation sites excluding steroid dienone is 24. The number of esters is 3. The molecule has 0 radical (unpaired) electrons. The Morgan fingerprint density at radius 3 is 0.771 bits per heavy atom. The zero-order valence-electron chi connectivity index (χ0n) is 53.9. The van der Waals surface area contributed by atoms with Crippen molar-refractivity contribution in [2.24, 2.45) is 0 Å². The topological polar surface area (TPSA) is 78.9 Å². The summed E-state index contributed by atoms with van der Waals surface area (Å²) in [6, 6.07) is 0. The average Bonchev–Trinajstić information content (AvgIpc) is 3.49. The summed E-state index contributed by atoms with van der Waals surface area (Å²) in [6.07, 6.45) is 100. The number of carbonyl (C=O) groups excluding carboxylic acids is 3. The molecule has 0 aromatic carbocycles. The lowest BCUT2D eigenvalue weighted by molar-refractivity contribution is -0.167. The van der Waals surface area contributed by atoms with Gasteiger partial charge in [0.1, 0.15) is 13.2 Å². The monoisotopic (exact) mass is 1150 g/mol. The molecular weight excluding hydrogens is 1020 g/mol. The lowest BCUT2D eigenvalue weighted by atomic mass is 10.0. The molecule has 0 aliphatic heterocycles. The van der Waals surface area contributed by atoms with Crippen molar-refractivity contribution >= 4 is 17.9 Å². The fourth-order valence-electron chi connectivity index (χ4n) is 9.25. The smallest absolute Gasteiger partial charge is 0.306 e. The van der Waals surface area contributed by atoms with Crippen LogP contribution in [0.2, 0.25) is 0 Å². The minimum absolute atomic E-state index is 0.107. The van der Waals surface area contributed by atoms with Crippen molar-refractivity contribution in [1.29, 1.82) is 0 Å². The minimum Gasteiger partial charge on any atom is -0.462 e. The van der Waals surface area contributed by atoms with Gasteiger partial charge < -0.3 is 14.2 Å². The summed E-state index contributed by atoms with van der Waals surface area (Å²) in [6.45, 7) is 6.30. The first-order valence-corrected chi connectivity index (χ1v) is 34.3. The van der Waals surface area contributed by atoms with Crippen molar-refractivity contribution in [2.45, 2.75) is 309 Å². The standard InChI is InChI=1S/C77H126O6/c1-4-7-10-13-16-19-22-25-27-29-30-31-32-33-34-35-36-37-38-39-40-41-42-43-44-45-46-48-49-52-55-58-61-64-67-70-76(79)82-73-74(72-81-75(78)69-66-63-60-57-54-51-24-21-18-15-12-9-6-3)83-77(80)71-68-65-62-59-56-53-50-47-28-26-23-20-17-14-11-8-5-2/h7-8,10-12,15-17,19-21,24-28,30-31,33-34,50,53,59,62,74H,4-6,9,13-14,18,22-23,29,32,35-49,51-52,54-58,60-61,63-73H2,1-3H3/b10-7-,11-8-,15-12-,19-16-,20-17-,24-21-,27-25-,28-26-,31-30-,34-33-,53-50-,62-59-. The molecule has 0 amide bonds. The molecule has 470 valence electrons. The van der Waals surface area contributed by atoms with Crippen LogP contribution >= 0.6 is 0 Å². The molecule has 0 heterocycles. The highest BCUT2D eigenvalue weighted by Crippen LogP contribution is 2.17. The first-order chi connectivity index (χ1) is 41.0. The molecule has 1 atom stereocenters. The largest absolute Gasteiger partial charge is 0.462 e. The van der Waals surface area contributed by atoms with E-state index < -0.39 is 6.10 Å². The van der Waals surface area contributed by atoms with Crippen LogP contribution in [0.15, 0.2) is 146 Å². The van der Waals surface area contributed by atoms with Gasteiger partial charge in [-0.1, -0.05) is 301 Å². The van der Waals surface area contributed by atoms with Crippen LogP contribution in [-0.2, 0) is 28.6 Å². The third-order valence-corrected chi connectivity index (χ3v) is 14.3. The van der Waals surface area contributed by atoms with E-state index in [1.165, 1.54) is 116 Å². The number of unbranched alkanes of at least 4 members (excludes halogenated alkanes) is 26. The van der Waals surface area contributed by atoms with Gasteiger partial charge in [-0.15, -0.1) is 0 Å². The van der Waals surface area contributed by atoms with Gasteiger partial charge in [0, 0.05) is 19.3 Å². The maximum atomic E-state index is 12.9. The van der Waals surface area contributed by atoms with E-state index in [1.54, 1.807) is 0 Å². The van der Waals surface area contributed by atoms with Gasteiger partial charge in [0.25, 0.3) is 0 Å². The Balaban J connectivity index is 4.21. The zero-order chi connectivity index (χ0) is 59.9. The molecule has 1 unspecified atom stereocenters. The molecule has 0 spiro atoms. The highest BCUT2D eigenvalue weighted by molar-refractivity contribution is 5.71. The fourth-order valence-corrected chi connectivity index (χ4v) is 9.25. The molecule has 0 saturated heterocycles. The van der Waals surface area contributed by atoms with E-state index in [4.69, 9.17) is 14.2 Å². The van der Waals surface area contributed by atoms with E-state index in [0.29, 0.717) is 19.3 Å². The first-order valence-electron chi connectivity index (χ1n) is 34.3. The number of hydrogen-bond donors (Lipinski definition) is 0. The summed E-state index contributed by atoms with van der Waals surface area (Å²) >= 11 is 0. The molecular formula is C77H126O6. The van der Waals surface area contributed by atoms with Crippen molar-refractivity contribution in [1.82, 2.24) is 0 Å². The second kappa shape index (κ2) is 69.8. The van der Waals surface area contributed by atoms with Crippen LogP contribution in [0.3, 0.4) is 0 Å². The molecule has 0 bridgehead atoms. The predicted octanol–water partition coefficient (Wildman–Crippen LogP) is 23.9. The maximum absolute atomic E-state index is 12.9. The van der Waals surface area contributed by atoms with E-state index in [1.807, 2.05) is 0 Å². The van der Waals surface area contributed by atoms with E-state index in [9.17, 15) is 14.4 Å². The fraction of sp³-hybridized carbons (Fsp3) is 0.649. The van der Waals surface area contributed by atoms with Crippen molar-refractivity contribution in [3.05, 3.63) is 146 Å². The van der Waals surface area contributed by atoms with Gasteiger partial charge in [0.15, 0.2) is 6.10 Å². The Kier molecular flexibility index (Phi) is 65.8. The highest BCUT2D eigenvalue weighted by atomic mass is 16.6. The van der Waals surface area contributed by atoms with E-state index in [0.717, 1.165) is 141 Å². The summed E-state index contributed by atoms with van der Waals surface area (Å²) in [7, 11) is 0. The number of carbonyl (C=O) groups is 3. The summed E-state index contributed by atoms with van der Waals surface area (Å²) in [5.74, 6) is -0.976. The Morgan fingerprint density at radius 2 is 0.482 bits per heavy atom. The molecule has 0 aliphatic carbocycles. The molecule has 0 fully saturated rings. The first kappa shape index (κ1) is 78.3. The van der Waals surface area contributed by atoms with Crippen molar-refractivity contribution in [2.75, 3.05) is 13.2 Å². The molecule has 0 aromatic heterocycles. The third kappa shape index (κ3) is 68.0. The van der Waals surface area contributed by atoms with Gasteiger partial charge in [-0.3, -0.25) is 14.4 Å². The summed E-state index contributed by atoms with van der Waals surface area (Å²) in [5.41, 5.74) is 0. The summed E-state index contributed by atoms with van der Waals surface area (Å²) < 4.78 is 16.9. The molecule has 6 heteroatoms. The van der Waals surface area contributed by atoms with Crippen molar-refractivity contribution in [3.8, 4) is 0 Å². The van der Waals surface area contributed by atoms with Crippen molar-refractivity contribution < 1.29 is 28.6 Å². The van der Waals surface area contributed by atoms with Crippen LogP contribution in [-0.4, -0.2) is 37.2 Å². The normalized spacial score (nSPS) is 13.0. The molecule has 0 rings (SSSR count). The summed E-state index contributed by atoms with van der Waals surface area (Å²) in [5, 5.41) is 0. The van der Waals surface area contributed by atoms with E-state index in [2.05, 4.69) is 167 Å². The average molecular weight is 1150 g/mol. The van der Waals surface area contributed by atoms with Gasteiger partial charge in [0.2, 0.25) is 0 Å². The Bertz CT molecular complexity index is 1800. The molecule has 6 nitrogen and oxygen atoms in total. The molecule has 0 N–H and O–H groups in total. The molecule has 0 aromatic rings. The van der Waals surface area contributed by atoms with Gasteiger partial charge in [-0.05, 0) is 128 Å². The molecule has 0 saturated carbocycles. The van der Waals surface area contributed by atoms with Crippen LogP contribution in [0.25, 0.3) is 0 Å². The highest BCUT2D eigenvalue weighted by Gasteiger charge is 2.19. The van der Waals surface area contributed by atoms with Crippen LogP contribution in [0.5, 0.6) is 0 Å². The Hall–Kier alpha value is -4.71. The lowest BCUT2D eigenvalue weighted by Gasteiger charge is -2.18. The SMILES string of the molecule is CC/C=C\C/C=C\C/C=C\C/C=C\C/C=C\CCCCCCCCCCCCCCCCCCCCCC(=O)OCC(COC(=O)CCCCCCC/C=C\C/C=C\CCC)OC(=O)CCC/C=C\C/C=C\C/C=C\C/C=C\C/C=C\CC. The second-order valence-electron chi connectivity index (χ2n) is 22.3. The van der Waals surface area contributed by atoms with Crippen LogP contribution in [0, 0.1) is 0 Å². The number of ether oxygens (including phenoxy) is 3. The third-order valence-electron chi connectivity index (χ3n) is 14.3. The zero-order valence-corrected chi connectivity index (χ0v) is 53.9. The number of rotatable bonds is 61. The molecule has 0 aliphatic rings. The predicted molar refractivity (Wildman–Crippen MR) is 362 cm³/mol. The lowest BCUT2D eigenvalue weighted by Crippen LogP contribution is -2.30. The molecule has 83 heavy (non-hydrogen) atoms. The second-order valence-corrected chi connectivity index (χ2v) is 22.3. The van der Waals surface area contributed by atoms with Gasteiger partial charge in [-0.2, -0.15) is 0 Å². The number of hydrogen-bond acceptors (Lipinski definition) is 6. The van der Waals surface area contributed by atoms with Crippen LogP contribution in [0.4, 0.5) is 0 Å². The van der Waals surface area contributed by atoms with E-state index in [-0.39, 0.29) is 37.5 Å². The van der Waals surface area contributed by atoms with Gasteiger partial charge in [0.05, 0.1) is 0 Å². The van der Waals surface area contributed by atoms with Crippen LogP contribution in [0.1, 0.15) is 303 Å². The quantitative estimate of drug-likeness (QED) is 0.0261. The van der Waals surface area contributed by atoms with E-state index >= 15 is 0 Å². The van der Waals surface area contributed by atoms with Crippen LogP contribution < -0.4 is 0 Å². The Labute approximate surface area is 512 Å².